The van der Waals surface area contributed by atoms with E-state index in [0.29, 0.717) is 43.6 Å². The summed E-state index contributed by atoms with van der Waals surface area (Å²) in [4.78, 5) is 46.5. The van der Waals surface area contributed by atoms with Crippen molar-refractivity contribution in [2.75, 3.05) is 31.6 Å². The summed E-state index contributed by atoms with van der Waals surface area (Å²) in [5.74, 6) is -0.909. The molecule has 0 radical (unpaired) electrons. The lowest BCUT2D eigenvalue weighted by atomic mass is 10.0. The predicted octanol–water partition coefficient (Wildman–Crippen LogP) is 5.16. The second kappa shape index (κ2) is 13.5. The predicted molar refractivity (Wildman–Crippen MR) is 163 cm³/mol. The van der Waals surface area contributed by atoms with E-state index in [1.165, 1.54) is 22.5 Å². The van der Waals surface area contributed by atoms with Gasteiger partial charge in [0.1, 0.15) is 0 Å². The number of nitrogens with one attached hydrogen (secondary N) is 1. The highest BCUT2D eigenvalue weighted by molar-refractivity contribution is 5.91. The summed E-state index contributed by atoms with van der Waals surface area (Å²) in [6, 6.07) is 24.2. The van der Waals surface area contributed by atoms with E-state index in [0.717, 1.165) is 43.0 Å². The van der Waals surface area contributed by atoms with Crippen LogP contribution in [0.1, 0.15) is 52.7 Å². The zero-order valence-corrected chi connectivity index (χ0v) is 24.2. The van der Waals surface area contributed by atoms with Crippen molar-refractivity contribution < 1.29 is 19.2 Å². The highest BCUT2D eigenvalue weighted by Crippen LogP contribution is 2.35. The van der Waals surface area contributed by atoms with Crippen LogP contribution in [0, 0.1) is 0 Å². The van der Waals surface area contributed by atoms with E-state index in [9.17, 15) is 14.4 Å². The summed E-state index contributed by atoms with van der Waals surface area (Å²) in [5.41, 5.74) is 7.03. The second-order valence-electron chi connectivity index (χ2n) is 10.9. The molecule has 5 rings (SSSR count). The highest BCUT2D eigenvalue weighted by Gasteiger charge is 2.28. The van der Waals surface area contributed by atoms with E-state index in [4.69, 9.17) is 4.84 Å². The number of aryl methyl sites for hydroxylation is 2. The summed E-state index contributed by atoms with van der Waals surface area (Å²) in [6.45, 7) is 6.59. The Kier molecular flexibility index (Phi) is 9.34. The molecule has 218 valence electrons. The molecule has 0 atom stereocenters. The van der Waals surface area contributed by atoms with Crippen molar-refractivity contribution in [1.82, 2.24) is 15.3 Å². The van der Waals surface area contributed by atoms with E-state index >= 15 is 0 Å². The lowest BCUT2D eigenvalue weighted by Crippen LogP contribution is -2.30. The van der Waals surface area contributed by atoms with Crippen LogP contribution in [-0.4, -0.2) is 54.4 Å². The largest absolute Gasteiger partial charge is 0.363 e. The van der Waals surface area contributed by atoms with Gasteiger partial charge in [-0.3, -0.25) is 9.59 Å². The maximum absolute atomic E-state index is 12.5. The van der Waals surface area contributed by atoms with E-state index in [1.807, 2.05) is 0 Å². The third-order valence-electron chi connectivity index (χ3n) is 7.87. The Morgan fingerprint density at radius 3 is 2.14 bits per heavy atom. The zero-order chi connectivity index (χ0) is 29.5. The van der Waals surface area contributed by atoms with Gasteiger partial charge in [-0.1, -0.05) is 55.1 Å². The molecule has 0 unspecified atom stereocenters. The van der Waals surface area contributed by atoms with Crippen molar-refractivity contribution in [3.8, 4) is 0 Å². The van der Waals surface area contributed by atoms with Crippen LogP contribution in [0.3, 0.4) is 0 Å². The fraction of sp³-hybridized carbons (Fsp3) is 0.324. The van der Waals surface area contributed by atoms with E-state index in [2.05, 4.69) is 77.3 Å². The number of anilines is 2. The molecule has 3 aromatic carbocycles. The Labute approximate surface area is 247 Å². The number of para-hydroxylation sites is 2. The topological polar surface area (TPSA) is 82.2 Å². The van der Waals surface area contributed by atoms with Crippen LogP contribution in [0.2, 0.25) is 0 Å². The fourth-order valence-corrected chi connectivity index (χ4v) is 5.44. The normalized spacial score (nSPS) is 14.4. The Morgan fingerprint density at radius 2 is 1.52 bits per heavy atom. The molecule has 2 amide bonds. The number of hydroxylamine groups is 2. The number of allylic oxidation sites excluding steroid dienone is 1. The van der Waals surface area contributed by atoms with E-state index in [-0.39, 0.29) is 11.8 Å². The first kappa shape index (κ1) is 29.1. The van der Waals surface area contributed by atoms with Crippen molar-refractivity contribution in [3.63, 3.8) is 0 Å². The molecule has 1 fully saturated rings. The molecule has 0 spiro atoms. The van der Waals surface area contributed by atoms with Gasteiger partial charge in [0, 0.05) is 43.9 Å². The van der Waals surface area contributed by atoms with Gasteiger partial charge < -0.3 is 20.0 Å². The standard InChI is InChI=1S/C34H38N4O4/c1-25-12-19-33(40)38(25)42-34(41)29-15-13-26(14-16-29)24-35-32(39)20-23-36(2)21-7-22-37-30-10-5-3-8-27(30)17-18-28-9-4-6-11-31(28)37/h3-6,8-11,13-16H,1,7,12,17-24H2,2H3,(H,35,39). The Bertz CT molecular complexity index is 1390. The SMILES string of the molecule is C=C1CCC(=O)N1OC(=O)c1ccc(CNC(=O)CCN(C)CCCN2c3ccccc3CCc3ccccc32)cc1. The highest BCUT2D eigenvalue weighted by atomic mass is 16.7. The maximum Gasteiger partial charge on any atom is 0.363 e. The molecular weight excluding hydrogens is 528 g/mol. The summed E-state index contributed by atoms with van der Waals surface area (Å²) in [7, 11) is 2.06. The van der Waals surface area contributed by atoms with Crippen LogP contribution in [0.4, 0.5) is 11.4 Å². The van der Waals surface area contributed by atoms with Crippen LogP contribution in [0.25, 0.3) is 0 Å². The van der Waals surface area contributed by atoms with Gasteiger partial charge in [0.15, 0.2) is 0 Å². The van der Waals surface area contributed by atoms with Crippen molar-refractivity contribution in [1.29, 1.82) is 0 Å². The Balaban J connectivity index is 1.04. The van der Waals surface area contributed by atoms with Crippen LogP contribution in [0.15, 0.2) is 85.1 Å². The lowest BCUT2D eigenvalue weighted by molar-refractivity contribution is -0.153. The van der Waals surface area contributed by atoms with Gasteiger partial charge in [-0.2, -0.15) is 0 Å². The van der Waals surface area contributed by atoms with Crippen LogP contribution in [-0.2, 0) is 33.8 Å². The second-order valence-corrected chi connectivity index (χ2v) is 10.9. The van der Waals surface area contributed by atoms with Crippen molar-refractivity contribution in [2.24, 2.45) is 0 Å². The molecule has 2 aliphatic rings. The number of hydrogen-bond acceptors (Lipinski definition) is 6. The van der Waals surface area contributed by atoms with Crippen molar-refractivity contribution >= 4 is 29.2 Å². The molecule has 1 saturated heterocycles. The average molecular weight is 567 g/mol. The molecule has 0 aliphatic carbocycles. The minimum absolute atomic E-state index is 0.0215. The van der Waals surface area contributed by atoms with Gasteiger partial charge in [0.05, 0.1) is 11.3 Å². The number of fused-ring (bicyclic) bond motifs is 2. The Hall–Kier alpha value is -4.43. The molecule has 42 heavy (non-hydrogen) atoms. The van der Waals surface area contributed by atoms with Crippen LogP contribution in [0.5, 0.6) is 0 Å². The van der Waals surface area contributed by atoms with Gasteiger partial charge in [-0.15, -0.1) is 5.06 Å². The van der Waals surface area contributed by atoms with Gasteiger partial charge in [0.25, 0.3) is 5.91 Å². The molecule has 0 saturated carbocycles. The van der Waals surface area contributed by atoms with Crippen molar-refractivity contribution in [3.05, 3.63) is 107 Å². The molecule has 8 heteroatoms. The van der Waals surface area contributed by atoms with Crippen molar-refractivity contribution in [2.45, 2.75) is 45.1 Å². The lowest BCUT2D eigenvalue weighted by Gasteiger charge is -2.28. The molecule has 2 aliphatic heterocycles. The summed E-state index contributed by atoms with van der Waals surface area (Å²) < 4.78 is 0. The minimum atomic E-state index is -0.616. The number of benzene rings is 3. The molecule has 3 aromatic rings. The van der Waals surface area contributed by atoms with Gasteiger partial charge in [-0.05, 0) is 80.2 Å². The molecule has 2 heterocycles. The molecular formula is C34H38N4O4. The van der Waals surface area contributed by atoms with E-state index in [1.54, 1.807) is 24.3 Å². The first-order chi connectivity index (χ1) is 20.4. The fourth-order valence-electron chi connectivity index (χ4n) is 5.44. The van der Waals surface area contributed by atoms with Crippen LogP contribution < -0.4 is 10.2 Å². The summed E-state index contributed by atoms with van der Waals surface area (Å²) in [6.07, 6.45) is 4.27. The van der Waals surface area contributed by atoms with Gasteiger partial charge >= 0.3 is 5.97 Å². The first-order valence-electron chi connectivity index (χ1n) is 14.6. The van der Waals surface area contributed by atoms with Gasteiger partial charge in [-0.25, -0.2) is 4.79 Å². The first-order valence-corrected chi connectivity index (χ1v) is 14.6. The average Bonchev–Trinajstić information content (AvgIpc) is 3.23. The third kappa shape index (κ3) is 7.06. The number of rotatable bonds is 11. The smallest absolute Gasteiger partial charge is 0.352 e. The number of carbonyl (C=O) groups is 3. The number of amides is 2. The third-order valence-corrected chi connectivity index (χ3v) is 7.87. The number of hydrogen-bond donors (Lipinski definition) is 1. The zero-order valence-electron chi connectivity index (χ0n) is 24.2. The number of nitrogens with zero attached hydrogens (tertiary/aromatic N) is 3. The molecule has 1 N–H and O–H groups in total. The molecule has 0 aromatic heterocycles. The molecule has 0 bridgehead atoms. The summed E-state index contributed by atoms with van der Waals surface area (Å²) in [5, 5.41) is 3.93. The number of carbonyl (C=O) groups excluding carboxylic acids is 3. The maximum atomic E-state index is 12.5. The molecule has 8 nitrogen and oxygen atoms in total. The van der Waals surface area contributed by atoms with Gasteiger partial charge in [0.2, 0.25) is 5.91 Å². The quantitative estimate of drug-likeness (QED) is 0.345. The monoisotopic (exact) mass is 566 g/mol. The minimum Gasteiger partial charge on any atom is -0.352 e. The van der Waals surface area contributed by atoms with Crippen LogP contribution >= 0.6 is 0 Å². The summed E-state index contributed by atoms with van der Waals surface area (Å²) >= 11 is 0. The Morgan fingerprint density at radius 1 is 0.881 bits per heavy atom. The van der Waals surface area contributed by atoms with E-state index < -0.39 is 5.97 Å².